The lowest BCUT2D eigenvalue weighted by Crippen LogP contribution is -2.14. The second kappa shape index (κ2) is 11.9. The minimum absolute atomic E-state index is 0.403. The predicted octanol–water partition coefficient (Wildman–Crippen LogP) is 9.94. The average Bonchev–Trinajstić information content (AvgIpc) is 3.20. The van der Waals surface area contributed by atoms with Crippen LogP contribution in [0.5, 0.6) is 0 Å². The molecule has 5 heteroatoms. The summed E-state index contributed by atoms with van der Waals surface area (Å²) in [7, 11) is -2.00. The summed E-state index contributed by atoms with van der Waals surface area (Å²) in [5.74, 6) is 0. The Morgan fingerprint density at radius 2 is 1.00 bits per heavy atom. The molecule has 0 fully saturated rings. The van der Waals surface area contributed by atoms with Crippen LogP contribution in [0.3, 0.4) is 0 Å². The lowest BCUT2D eigenvalue weighted by Gasteiger charge is -2.18. The van der Waals surface area contributed by atoms with Crippen LogP contribution in [-0.2, 0) is 0 Å². The molecule has 0 aliphatic rings. The SMILES string of the molecule is c1ccc(P(CCCCOp2oc3ccc4ccccc4c3c3c(ccc4ccccc43)o2)c2ccccc2)cc1. The third-order valence-corrected chi connectivity index (χ3v) is 11.2. The van der Waals surface area contributed by atoms with E-state index in [1.807, 2.05) is 0 Å². The van der Waals surface area contributed by atoms with Crippen LogP contribution in [0.1, 0.15) is 12.8 Å². The highest BCUT2D eigenvalue weighted by Crippen LogP contribution is 2.40. The van der Waals surface area contributed by atoms with E-state index in [2.05, 4.69) is 133 Å². The van der Waals surface area contributed by atoms with E-state index in [9.17, 15) is 0 Å². The molecule has 0 saturated heterocycles. The van der Waals surface area contributed by atoms with Gasteiger partial charge in [-0.25, -0.2) is 0 Å². The first-order chi connectivity index (χ1) is 20.3. The standard InChI is InChI=1S/C36H30O3P2/c1-3-15-29(16-4-1)40(30-17-5-2-6-18-30)26-12-11-25-37-41-38-33-23-21-27-13-7-9-19-31(27)35(33)36-32-20-10-8-14-28(32)22-24-34(36)39-41/h1-10,13-24H,11-12,25-26H2. The molecule has 0 saturated carbocycles. The van der Waals surface area contributed by atoms with E-state index >= 15 is 0 Å². The molecule has 41 heavy (non-hydrogen) atoms. The summed E-state index contributed by atoms with van der Waals surface area (Å²) in [6.07, 6.45) is 3.14. The van der Waals surface area contributed by atoms with Crippen LogP contribution in [0, 0.1) is 0 Å². The Hall–Kier alpha value is -3.87. The van der Waals surface area contributed by atoms with Crippen LogP contribution in [0.15, 0.2) is 142 Å². The van der Waals surface area contributed by atoms with E-state index in [0.717, 1.165) is 51.7 Å². The van der Waals surface area contributed by atoms with Gasteiger partial charge in [0.15, 0.2) is 0 Å². The second-order valence-corrected chi connectivity index (χ2v) is 13.5. The molecule has 0 aliphatic carbocycles. The molecule has 0 atom stereocenters. The van der Waals surface area contributed by atoms with Gasteiger partial charge in [-0.3, -0.25) is 4.52 Å². The zero-order chi connectivity index (χ0) is 27.4. The Labute approximate surface area is 241 Å². The molecule has 1 heterocycles. The van der Waals surface area contributed by atoms with Crippen LogP contribution in [0.4, 0.5) is 0 Å². The Kier molecular flexibility index (Phi) is 7.58. The fourth-order valence-corrected chi connectivity index (χ4v) is 9.00. The fraction of sp³-hybridized carbons (Fsp3) is 0.111. The van der Waals surface area contributed by atoms with Crippen molar-refractivity contribution in [1.29, 1.82) is 0 Å². The molecule has 6 aromatic carbocycles. The van der Waals surface area contributed by atoms with Gasteiger partial charge in [0.25, 0.3) is 0 Å². The number of hydrogen-bond donors (Lipinski definition) is 0. The Morgan fingerprint density at radius 3 is 1.54 bits per heavy atom. The van der Waals surface area contributed by atoms with Crippen molar-refractivity contribution in [3.05, 3.63) is 133 Å². The molecule has 0 radical (unpaired) electrons. The fourth-order valence-electron chi connectivity index (χ4n) is 5.54. The van der Waals surface area contributed by atoms with Gasteiger partial charge in [-0.05, 0) is 71.2 Å². The van der Waals surface area contributed by atoms with Gasteiger partial charge in [-0.15, -0.1) is 0 Å². The number of benzene rings is 6. The van der Waals surface area contributed by atoms with Crippen molar-refractivity contribution >= 4 is 70.3 Å². The Morgan fingerprint density at radius 1 is 0.512 bits per heavy atom. The predicted molar refractivity (Wildman–Crippen MR) is 176 cm³/mol. The molecule has 3 nitrogen and oxygen atoms in total. The molecule has 202 valence electrons. The lowest BCUT2D eigenvalue weighted by molar-refractivity contribution is 0.363. The number of fused-ring (bicyclic) bond motifs is 7. The van der Waals surface area contributed by atoms with Crippen molar-refractivity contribution in [2.75, 3.05) is 12.8 Å². The third-order valence-electron chi connectivity index (χ3n) is 7.49. The topological polar surface area (TPSA) is 35.5 Å². The van der Waals surface area contributed by atoms with Crippen molar-refractivity contribution in [3.8, 4) is 0 Å². The normalized spacial score (nSPS) is 11.6. The quantitative estimate of drug-likeness (QED) is 0.134. The molecule has 0 aliphatic heterocycles. The first-order valence-corrected chi connectivity index (χ1v) is 16.7. The third kappa shape index (κ3) is 5.42. The van der Waals surface area contributed by atoms with Gasteiger partial charge >= 0.3 is 8.24 Å². The van der Waals surface area contributed by atoms with Crippen molar-refractivity contribution in [1.82, 2.24) is 0 Å². The summed E-state index contributed by atoms with van der Waals surface area (Å²) in [4.78, 5) is 0. The van der Waals surface area contributed by atoms with E-state index in [1.165, 1.54) is 21.4 Å². The van der Waals surface area contributed by atoms with Crippen LogP contribution in [-0.4, -0.2) is 12.8 Å². The number of rotatable bonds is 8. The van der Waals surface area contributed by atoms with Crippen molar-refractivity contribution in [3.63, 3.8) is 0 Å². The van der Waals surface area contributed by atoms with Gasteiger partial charge in [-0.1, -0.05) is 121 Å². The van der Waals surface area contributed by atoms with Gasteiger partial charge in [0.2, 0.25) is 0 Å². The molecule has 7 rings (SSSR count). The van der Waals surface area contributed by atoms with Crippen LogP contribution >= 0.6 is 16.2 Å². The van der Waals surface area contributed by atoms with Gasteiger partial charge in [0.1, 0.15) is 11.2 Å². The summed E-state index contributed by atoms with van der Waals surface area (Å²) < 4.78 is 19.3. The van der Waals surface area contributed by atoms with Crippen molar-refractivity contribution in [2.24, 2.45) is 0 Å². The summed E-state index contributed by atoms with van der Waals surface area (Å²) in [5, 5.41) is 9.63. The van der Waals surface area contributed by atoms with E-state index in [1.54, 1.807) is 0 Å². The van der Waals surface area contributed by atoms with E-state index in [-0.39, 0.29) is 0 Å². The van der Waals surface area contributed by atoms with Gasteiger partial charge in [0.05, 0.1) is 6.61 Å². The zero-order valence-corrected chi connectivity index (χ0v) is 24.4. The first kappa shape index (κ1) is 26.1. The zero-order valence-electron chi connectivity index (χ0n) is 22.6. The molecule has 0 N–H and O–H groups in total. The second-order valence-electron chi connectivity index (χ2n) is 10.1. The molecule has 0 spiro atoms. The van der Waals surface area contributed by atoms with Crippen LogP contribution in [0.25, 0.3) is 43.5 Å². The highest BCUT2D eigenvalue weighted by molar-refractivity contribution is 7.73. The molecule has 0 unspecified atom stereocenters. The van der Waals surface area contributed by atoms with Gasteiger partial charge in [0, 0.05) is 10.8 Å². The highest BCUT2D eigenvalue weighted by Gasteiger charge is 2.15. The summed E-state index contributed by atoms with van der Waals surface area (Å²) in [6, 6.07) is 47.1. The highest BCUT2D eigenvalue weighted by atomic mass is 31.1. The minimum Gasteiger partial charge on any atom is -0.399 e. The molecule has 7 aromatic rings. The average molecular weight is 573 g/mol. The molecule has 1 aromatic heterocycles. The van der Waals surface area contributed by atoms with Crippen LogP contribution in [0.2, 0.25) is 0 Å². The van der Waals surface area contributed by atoms with E-state index in [4.69, 9.17) is 12.9 Å². The van der Waals surface area contributed by atoms with Crippen molar-refractivity contribution < 1.29 is 12.9 Å². The van der Waals surface area contributed by atoms with E-state index in [0.29, 0.717) is 6.61 Å². The Balaban J connectivity index is 1.19. The lowest BCUT2D eigenvalue weighted by atomic mass is 9.99. The molecule has 0 amide bonds. The number of hydrogen-bond acceptors (Lipinski definition) is 3. The molecular weight excluding hydrogens is 542 g/mol. The molecule has 0 bridgehead atoms. The maximum atomic E-state index is 6.49. The minimum atomic E-state index is -1.60. The summed E-state index contributed by atoms with van der Waals surface area (Å²) in [6.45, 7) is 0.588. The van der Waals surface area contributed by atoms with E-state index < -0.39 is 16.2 Å². The van der Waals surface area contributed by atoms with Crippen molar-refractivity contribution in [2.45, 2.75) is 12.8 Å². The molecular formula is C36H30O3P2. The van der Waals surface area contributed by atoms with Crippen LogP contribution < -0.4 is 15.1 Å². The summed E-state index contributed by atoms with van der Waals surface area (Å²) >= 11 is 0. The Bertz CT molecular complexity index is 1850. The van der Waals surface area contributed by atoms with Gasteiger partial charge < -0.3 is 8.39 Å². The summed E-state index contributed by atoms with van der Waals surface area (Å²) in [5.41, 5.74) is 1.61. The maximum Gasteiger partial charge on any atom is 0.387 e. The largest absolute Gasteiger partial charge is 0.399 e. The monoisotopic (exact) mass is 572 g/mol. The smallest absolute Gasteiger partial charge is 0.387 e. The number of unbranched alkanes of at least 4 members (excludes halogenated alkanes) is 1. The first-order valence-electron chi connectivity index (χ1n) is 14.1. The van der Waals surface area contributed by atoms with Gasteiger partial charge in [-0.2, -0.15) is 0 Å². The maximum absolute atomic E-state index is 6.49.